The van der Waals surface area contributed by atoms with Gasteiger partial charge in [0.1, 0.15) is 5.75 Å². The number of carbonyl (C=O) groups is 2. The smallest absolute Gasteiger partial charge is 0.338 e. The van der Waals surface area contributed by atoms with Crippen molar-refractivity contribution in [1.82, 2.24) is 9.29 Å². The highest BCUT2D eigenvalue weighted by molar-refractivity contribution is 7.89. The fraction of sp³-hybridized carbons (Fsp3) is 0.179. The van der Waals surface area contributed by atoms with Crippen LogP contribution in [0, 0.1) is 0 Å². The largest absolute Gasteiger partial charge is 0.497 e. The number of methoxy groups -OCH3 is 1. The summed E-state index contributed by atoms with van der Waals surface area (Å²) in [7, 11) is -2.24. The summed E-state index contributed by atoms with van der Waals surface area (Å²) in [6.07, 6.45) is 0.618. The normalized spacial score (nSPS) is 13.4. The minimum Gasteiger partial charge on any atom is -0.497 e. The minimum atomic E-state index is -3.82. The highest BCUT2D eigenvalue weighted by Gasteiger charge is 2.29. The number of esters is 1. The monoisotopic (exact) mass is 563 g/mol. The molecular formula is C28H25N3O6S2. The van der Waals surface area contributed by atoms with Gasteiger partial charge in [0, 0.05) is 24.0 Å². The van der Waals surface area contributed by atoms with E-state index >= 15 is 0 Å². The number of nitrogens with one attached hydrogen (secondary N) is 1. The average Bonchev–Trinajstić information content (AvgIpc) is 3.44. The Bertz CT molecular complexity index is 1620. The summed E-state index contributed by atoms with van der Waals surface area (Å²) in [5.74, 6) is -0.635. The molecule has 1 aliphatic rings. The molecule has 0 saturated heterocycles. The van der Waals surface area contributed by atoms with E-state index in [4.69, 9.17) is 9.47 Å². The molecular weight excluding hydrogens is 538 g/mol. The molecule has 3 aromatic carbocycles. The van der Waals surface area contributed by atoms with Crippen molar-refractivity contribution in [3.8, 4) is 17.0 Å². The molecule has 0 radical (unpaired) electrons. The van der Waals surface area contributed by atoms with Crippen LogP contribution in [-0.4, -0.2) is 49.8 Å². The number of nitrogens with zero attached hydrogens (tertiary/aromatic N) is 2. The van der Waals surface area contributed by atoms with Gasteiger partial charge in [0.05, 0.1) is 23.3 Å². The van der Waals surface area contributed by atoms with Crippen LogP contribution >= 0.6 is 11.3 Å². The number of hydrogen-bond donors (Lipinski definition) is 1. The Balaban J connectivity index is 1.19. The van der Waals surface area contributed by atoms with E-state index in [9.17, 15) is 18.0 Å². The summed E-state index contributed by atoms with van der Waals surface area (Å²) in [6.45, 7) is 0.0750. The molecule has 39 heavy (non-hydrogen) atoms. The Morgan fingerprint density at radius 3 is 2.56 bits per heavy atom. The second-order valence-electron chi connectivity index (χ2n) is 8.78. The molecule has 0 fully saturated rings. The first-order valence-corrected chi connectivity index (χ1v) is 14.4. The Hall–Kier alpha value is -4.06. The molecule has 2 heterocycles. The van der Waals surface area contributed by atoms with E-state index in [1.54, 1.807) is 12.5 Å². The van der Waals surface area contributed by atoms with E-state index < -0.39 is 28.5 Å². The fourth-order valence-electron chi connectivity index (χ4n) is 4.20. The molecule has 4 aromatic rings. The van der Waals surface area contributed by atoms with E-state index in [-0.39, 0.29) is 17.0 Å². The maximum absolute atomic E-state index is 13.3. The van der Waals surface area contributed by atoms with Crippen molar-refractivity contribution in [2.24, 2.45) is 0 Å². The molecule has 1 amide bonds. The van der Waals surface area contributed by atoms with Crippen LogP contribution < -0.4 is 10.1 Å². The van der Waals surface area contributed by atoms with Crippen molar-refractivity contribution in [1.29, 1.82) is 0 Å². The van der Waals surface area contributed by atoms with E-state index in [1.807, 2.05) is 48.5 Å². The molecule has 0 unspecified atom stereocenters. The molecule has 200 valence electrons. The molecule has 1 N–H and O–H groups in total. The lowest BCUT2D eigenvalue weighted by molar-refractivity contribution is -0.119. The molecule has 1 aliphatic heterocycles. The summed E-state index contributed by atoms with van der Waals surface area (Å²) in [4.78, 5) is 29.4. The number of thiazole rings is 1. The number of sulfonamides is 1. The second-order valence-corrected chi connectivity index (χ2v) is 11.6. The van der Waals surface area contributed by atoms with Crippen LogP contribution in [0.1, 0.15) is 21.5 Å². The lowest BCUT2D eigenvalue weighted by Gasteiger charge is -2.28. The average molecular weight is 564 g/mol. The lowest BCUT2D eigenvalue weighted by Crippen LogP contribution is -2.36. The third-order valence-electron chi connectivity index (χ3n) is 6.27. The van der Waals surface area contributed by atoms with Crippen LogP contribution in [0.2, 0.25) is 0 Å². The van der Waals surface area contributed by atoms with Gasteiger partial charge in [-0.05, 0) is 60.0 Å². The summed E-state index contributed by atoms with van der Waals surface area (Å²) in [5.41, 5.74) is 3.68. The van der Waals surface area contributed by atoms with Gasteiger partial charge in [-0.1, -0.05) is 30.3 Å². The predicted octanol–water partition coefficient (Wildman–Crippen LogP) is 4.36. The predicted molar refractivity (Wildman–Crippen MR) is 147 cm³/mol. The summed E-state index contributed by atoms with van der Waals surface area (Å²) in [5, 5.41) is 4.77. The fourth-order valence-corrected chi connectivity index (χ4v) is 6.40. The van der Waals surface area contributed by atoms with Crippen LogP contribution in [0.15, 0.2) is 83.1 Å². The van der Waals surface area contributed by atoms with Gasteiger partial charge < -0.3 is 9.47 Å². The number of anilines is 1. The molecule has 9 nitrogen and oxygen atoms in total. The van der Waals surface area contributed by atoms with Crippen LogP contribution in [0.5, 0.6) is 5.75 Å². The number of benzene rings is 3. The quantitative estimate of drug-likeness (QED) is 0.317. The van der Waals surface area contributed by atoms with Crippen molar-refractivity contribution in [3.63, 3.8) is 0 Å². The van der Waals surface area contributed by atoms with Crippen molar-refractivity contribution in [2.45, 2.75) is 17.9 Å². The zero-order valence-corrected chi connectivity index (χ0v) is 22.6. The summed E-state index contributed by atoms with van der Waals surface area (Å²) >= 11 is 1.24. The van der Waals surface area contributed by atoms with Crippen molar-refractivity contribution >= 4 is 38.4 Å². The molecule has 5 rings (SSSR count). The van der Waals surface area contributed by atoms with Crippen molar-refractivity contribution < 1.29 is 27.5 Å². The van der Waals surface area contributed by atoms with E-state index in [0.717, 1.165) is 22.4 Å². The third kappa shape index (κ3) is 6.00. The van der Waals surface area contributed by atoms with Gasteiger partial charge in [-0.25, -0.2) is 18.2 Å². The highest BCUT2D eigenvalue weighted by atomic mass is 32.2. The summed E-state index contributed by atoms with van der Waals surface area (Å²) < 4.78 is 38.3. The number of fused-ring (bicyclic) bond motifs is 1. The number of rotatable bonds is 8. The van der Waals surface area contributed by atoms with Gasteiger partial charge in [0.15, 0.2) is 11.7 Å². The van der Waals surface area contributed by atoms with Crippen LogP contribution in [0.25, 0.3) is 11.3 Å². The molecule has 0 atom stereocenters. The minimum absolute atomic E-state index is 0.00497. The Morgan fingerprint density at radius 1 is 1.03 bits per heavy atom. The van der Waals surface area contributed by atoms with Gasteiger partial charge in [0.25, 0.3) is 5.91 Å². The van der Waals surface area contributed by atoms with Crippen LogP contribution in [0.4, 0.5) is 5.13 Å². The van der Waals surface area contributed by atoms with Gasteiger partial charge in [0.2, 0.25) is 10.0 Å². The number of carbonyl (C=O) groups excluding carboxylic acids is 2. The zero-order valence-electron chi connectivity index (χ0n) is 21.0. The lowest BCUT2D eigenvalue weighted by atomic mass is 10.0. The molecule has 1 aromatic heterocycles. The van der Waals surface area contributed by atoms with Gasteiger partial charge >= 0.3 is 5.97 Å². The summed E-state index contributed by atoms with van der Waals surface area (Å²) in [6, 6.07) is 20.8. The third-order valence-corrected chi connectivity index (χ3v) is 8.87. The molecule has 0 bridgehead atoms. The maximum atomic E-state index is 13.3. The second kappa shape index (κ2) is 11.4. The first kappa shape index (κ1) is 26.5. The molecule has 11 heteroatoms. The Kier molecular flexibility index (Phi) is 7.73. The van der Waals surface area contributed by atoms with Crippen molar-refractivity contribution in [2.75, 3.05) is 25.6 Å². The molecule has 0 saturated carbocycles. The van der Waals surface area contributed by atoms with E-state index in [2.05, 4.69) is 10.3 Å². The van der Waals surface area contributed by atoms with E-state index in [1.165, 1.54) is 39.9 Å². The number of aromatic nitrogens is 1. The van der Waals surface area contributed by atoms with Crippen molar-refractivity contribution in [3.05, 3.63) is 94.9 Å². The maximum Gasteiger partial charge on any atom is 0.338 e. The topological polar surface area (TPSA) is 115 Å². The first-order valence-electron chi connectivity index (χ1n) is 12.1. The van der Waals surface area contributed by atoms with E-state index in [0.29, 0.717) is 23.8 Å². The Labute approximate surface area is 230 Å². The number of ether oxygens (including phenoxy) is 2. The first-order chi connectivity index (χ1) is 18.8. The van der Waals surface area contributed by atoms with Gasteiger partial charge in [-0.2, -0.15) is 4.31 Å². The number of hydrogen-bond acceptors (Lipinski definition) is 8. The van der Waals surface area contributed by atoms with Crippen LogP contribution in [-0.2, 0) is 32.5 Å². The molecule has 0 spiro atoms. The van der Waals surface area contributed by atoms with Crippen LogP contribution in [0.3, 0.4) is 0 Å². The molecule has 0 aliphatic carbocycles. The standard InChI is InChI=1S/C28H25N3O6S2/c1-36-23-11-9-20(10-12-23)25-18-38-28(29-25)30-26(32)17-37-27(33)21-7-4-8-24(15-21)39(34,35)31-14-13-19-5-2-3-6-22(19)16-31/h2-12,15,18H,13-14,16-17H2,1H3,(H,29,30,32). The highest BCUT2D eigenvalue weighted by Crippen LogP contribution is 2.27. The van der Waals surface area contributed by atoms with Gasteiger partial charge in [-0.15, -0.1) is 11.3 Å². The number of amides is 1. The van der Waals surface area contributed by atoms with Gasteiger partial charge in [-0.3, -0.25) is 10.1 Å². The SMILES string of the molecule is COc1ccc(-c2csc(NC(=O)COC(=O)c3cccc(S(=O)(=O)N4CCc5ccccc5C4)c3)n2)cc1. The Morgan fingerprint density at radius 2 is 1.79 bits per heavy atom. The zero-order chi connectivity index (χ0) is 27.4.